The number of benzene rings is 1. The highest BCUT2D eigenvalue weighted by molar-refractivity contribution is 5.96. The van der Waals surface area contributed by atoms with Crippen molar-refractivity contribution in [2.45, 2.75) is 6.92 Å². The van der Waals surface area contributed by atoms with Gasteiger partial charge in [0.2, 0.25) is 0 Å². The van der Waals surface area contributed by atoms with Gasteiger partial charge in [-0.2, -0.15) is 5.26 Å². The zero-order valence-corrected chi connectivity index (χ0v) is 8.78. The highest BCUT2D eigenvalue weighted by Crippen LogP contribution is 2.10. The highest BCUT2D eigenvalue weighted by atomic mass is 16.2. The van der Waals surface area contributed by atoms with Gasteiger partial charge in [0, 0.05) is 11.3 Å². The second-order valence-electron chi connectivity index (χ2n) is 3.10. The van der Waals surface area contributed by atoms with Gasteiger partial charge in [-0.3, -0.25) is 4.79 Å². The molecule has 0 heterocycles. The number of anilines is 1. The van der Waals surface area contributed by atoms with Crippen molar-refractivity contribution in [3.63, 3.8) is 0 Å². The van der Waals surface area contributed by atoms with Gasteiger partial charge in [-0.15, -0.1) is 0 Å². The average molecular weight is 217 g/mol. The Labute approximate surface area is 93.1 Å². The number of ketones is 1. The van der Waals surface area contributed by atoms with Crippen LogP contribution in [0.25, 0.3) is 0 Å². The predicted octanol–water partition coefficient (Wildman–Crippen LogP) is 1.53. The summed E-state index contributed by atoms with van der Waals surface area (Å²) in [7, 11) is 0. The standard InChI is InChI=1S/C11H11N3O2/c1-8(15)9-3-2-4-10(7-9)14-11(16)13-6-5-12/h2-4,7H,6H2,1H3,(H2,13,14,16). The van der Waals surface area contributed by atoms with E-state index < -0.39 is 6.03 Å². The van der Waals surface area contributed by atoms with E-state index in [1.54, 1.807) is 30.3 Å². The molecule has 2 amide bonds. The third-order valence-corrected chi connectivity index (χ3v) is 1.85. The van der Waals surface area contributed by atoms with Crippen LogP contribution in [0.15, 0.2) is 24.3 Å². The van der Waals surface area contributed by atoms with Gasteiger partial charge in [0.15, 0.2) is 5.78 Å². The number of nitrogens with zero attached hydrogens (tertiary/aromatic N) is 1. The molecule has 0 saturated heterocycles. The summed E-state index contributed by atoms with van der Waals surface area (Å²) in [5, 5.41) is 13.1. The van der Waals surface area contributed by atoms with Crippen LogP contribution in [0.2, 0.25) is 0 Å². The van der Waals surface area contributed by atoms with Gasteiger partial charge < -0.3 is 10.6 Å². The van der Waals surface area contributed by atoms with Gasteiger partial charge in [0.05, 0.1) is 6.07 Å². The summed E-state index contributed by atoms with van der Waals surface area (Å²) in [5.74, 6) is -0.0684. The molecule has 0 spiro atoms. The van der Waals surface area contributed by atoms with Gasteiger partial charge in [-0.05, 0) is 19.1 Å². The SMILES string of the molecule is CC(=O)c1cccc(NC(=O)NCC#N)c1. The number of nitriles is 1. The molecule has 0 unspecified atom stereocenters. The number of carbonyl (C=O) groups is 2. The lowest BCUT2D eigenvalue weighted by Gasteiger charge is -2.05. The average Bonchev–Trinajstić information content (AvgIpc) is 2.26. The minimum atomic E-state index is -0.470. The van der Waals surface area contributed by atoms with E-state index in [-0.39, 0.29) is 12.3 Å². The Balaban J connectivity index is 2.67. The maximum absolute atomic E-state index is 11.2. The molecule has 1 rings (SSSR count). The van der Waals surface area contributed by atoms with Crippen LogP contribution >= 0.6 is 0 Å². The van der Waals surface area contributed by atoms with Crippen LogP contribution in [0.5, 0.6) is 0 Å². The summed E-state index contributed by atoms with van der Waals surface area (Å²) in [6.45, 7) is 1.40. The largest absolute Gasteiger partial charge is 0.325 e. The fourth-order valence-electron chi connectivity index (χ4n) is 1.11. The summed E-state index contributed by atoms with van der Waals surface area (Å²) in [6, 6.07) is 7.91. The van der Waals surface area contributed by atoms with E-state index in [2.05, 4.69) is 10.6 Å². The van der Waals surface area contributed by atoms with Crippen molar-refractivity contribution in [1.29, 1.82) is 5.26 Å². The molecule has 0 radical (unpaired) electrons. The number of Topliss-reactive ketones (excluding diaryl/α,β-unsaturated/α-hetero) is 1. The van der Waals surface area contributed by atoms with Gasteiger partial charge in [0.25, 0.3) is 0 Å². The zero-order valence-electron chi connectivity index (χ0n) is 8.78. The summed E-state index contributed by atoms with van der Waals surface area (Å²) >= 11 is 0. The molecule has 5 nitrogen and oxygen atoms in total. The molecular formula is C11H11N3O2. The Morgan fingerprint density at radius 3 is 2.81 bits per heavy atom. The van der Waals surface area contributed by atoms with Crippen LogP contribution in [-0.2, 0) is 0 Å². The topological polar surface area (TPSA) is 82.0 Å². The number of hydrogen-bond acceptors (Lipinski definition) is 3. The molecular weight excluding hydrogens is 206 g/mol. The van der Waals surface area contributed by atoms with Crippen molar-refractivity contribution in [3.05, 3.63) is 29.8 Å². The predicted molar refractivity (Wildman–Crippen MR) is 59.1 cm³/mol. The molecule has 82 valence electrons. The molecule has 0 bridgehead atoms. The Kier molecular flexibility index (Phi) is 4.04. The molecule has 0 fully saturated rings. The first-order valence-electron chi connectivity index (χ1n) is 4.66. The Morgan fingerprint density at radius 2 is 2.19 bits per heavy atom. The Hall–Kier alpha value is -2.35. The van der Waals surface area contributed by atoms with E-state index in [1.165, 1.54) is 6.92 Å². The van der Waals surface area contributed by atoms with Gasteiger partial charge in [-0.25, -0.2) is 4.79 Å². The summed E-state index contributed by atoms with van der Waals surface area (Å²) in [5.41, 5.74) is 1.04. The van der Waals surface area contributed by atoms with Crippen LogP contribution in [0.3, 0.4) is 0 Å². The van der Waals surface area contributed by atoms with E-state index >= 15 is 0 Å². The molecule has 0 aromatic heterocycles. The molecule has 0 aliphatic heterocycles. The van der Waals surface area contributed by atoms with E-state index in [1.807, 2.05) is 0 Å². The number of carbonyl (C=O) groups excluding carboxylic acids is 2. The molecule has 0 saturated carbocycles. The maximum atomic E-state index is 11.2. The third-order valence-electron chi connectivity index (χ3n) is 1.85. The van der Waals surface area contributed by atoms with Crippen LogP contribution in [0, 0.1) is 11.3 Å². The van der Waals surface area contributed by atoms with Crippen molar-refractivity contribution in [2.75, 3.05) is 11.9 Å². The highest BCUT2D eigenvalue weighted by Gasteiger charge is 2.03. The van der Waals surface area contributed by atoms with E-state index in [9.17, 15) is 9.59 Å². The lowest BCUT2D eigenvalue weighted by atomic mass is 10.1. The molecule has 0 aliphatic carbocycles. The van der Waals surface area contributed by atoms with Crippen molar-refractivity contribution < 1.29 is 9.59 Å². The fraction of sp³-hybridized carbons (Fsp3) is 0.182. The monoisotopic (exact) mass is 217 g/mol. The third kappa shape index (κ3) is 3.42. The number of urea groups is 1. The fourth-order valence-corrected chi connectivity index (χ4v) is 1.11. The Bertz CT molecular complexity index is 449. The van der Waals surface area contributed by atoms with Crippen LogP contribution < -0.4 is 10.6 Å². The smallest absolute Gasteiger partial charge is 0.320 e. The minimum Gasteiger partial charge on any atom is -0.325 e. The van der Waals surface area contributed by atoms with Crippen LogP contribution in [0.1, 0.15) is 17.3 Å². The van der Waals surface area contributed by atoms with Gasteiger partial charge in [-0.1, -0.05) is 12.1 Å². The first-order valence-corrected chi connectivity index (χ1v) is 4.66. The quantitative estimate of drug-likeness (QED) is 0.595. The van der Waals surface area contributed by atoms with E-state index in [4.69, 9.17) is 5.26 Å². The molecule has 0 aliphatic rings. The second-order valence-corrected chi connectivity index (χ2v) is 3.10. The molecule has 5 heteroatoms. The van der Waals surface area contributed by atoms with Crippen molar-refractivity contribution >= 4 is 17.5 Å². The van der Waals surface area contributed by atoms with Crippen LogP contribution in [-0.4, -0.2) is 18.4 Å². The molecule has 1 aromatic rings. The van der Waals surface area contributed by atoms with Crippen molar-refractivity contribution in [2.24, 2.45) is 0 Å². The lowest BCUT2D eigenvalue weighted by Crippen LogP contribution is -2.28. The number of amides is 2. The summed E-state index contributed by atoms with van der Waals surface area (Å²) in [4.78, 5) is 22.3. The molecule has 0 atom stereocenters. The van der Waals surface area contributed by atoms with Crippen molar-refractivity contribution in [3.8, 4) is 6.07 Å². The first kappa shape index (κ1) is 11.7. The minimum absolute atomic E-state index is 0.0573. The first-order chi connectivity index (χ1) is 7.63. The lowest BCUT2D eigenvalue weighted by molar-refractivity contribution is 0.101. The number of rotatable bonds is 3. The maximum Gasteiger partial charge on any atom is 0.320 e. The van der Waals surface area contributed by atoms with E-state index in [0.717, 1.165) is 0 Å². The zero-order chi connectivity index (χ0) is 12.0. The van der Waals surface area contributed by atoms with E-state index in [0.29, 0.717) is 11.3 Å². The Morgan fingerprint density at radius 1 is 1.44 bits per heavy atom. The summed E-state index contributed by atoms with van der Waals surface area (Å²) < 4.78 is 0. The normalized spacial score (nSPS) is 9.00. The molecule has 1 aromatic carbocycles. The number of hydrogen-bond donors (Lipinski definition) is 2. The van der Waals surface area contributed by atoms with Gasteiger partial charge >= 0.3 is 6.03 Å². The molecule has 2 N–H and O–H groups in total. The van der Waals surface area contributed by atoms with Gasteiger partial charge in [0.1, 0.15) is 6.54 Å². The molecule has 16 heavy (non-hydrogen) atoms. The van der Waals surface area contributed by atoms with Crippen LogP contribution in [0.4, 0.5) is 10.5 Å². The second kappa shape index (κ2) is 5.51. The number of nitrogens with one attached hydrogen (secondary N) is 2. The summed E-state index contributed by atoms with van der Waals surface area (Å²) in [6.07, 6.45) is 0. The van der Waals surface area contributed by atoms with Crippen molar-refractivity contribution in [1.82, 2.24) is 5.32 Å².